The minimum absolute atomic E-state index is 0.0364. The molecule has 0 aliphatic rings. The van der Waals surface area contributed by atoms with Gasteiger partial charge in [0.15, 0.2) is 0 Å². The molecule has 2 nitrogen and oxygen atoms in total. The molecule has 3 aromatic rings. The van der Waals surface area contributed by atoms with E-state index < -0.39 is 5.41 Å². The van der Waals surface area contributed by atoms with E-state index in [1.165, 1.54) is 11.1 Å². The zero-order valence-corrected chi connectivity index (χ0v) is 19.9. The number of carbonyl (C=O) groups is 1. The highest BCUT2D eigenvalue weighted by Gasteiger charge is 2.37. The van der Waals surface area contributed by atoms with Gasteiger partial charge in [-0.1, -0.05) is 108 Å². The molecule has 2 heteroatoms. The predicted octanol–water partition coefficient (Wildman–Crippen LogP) is 7.23. The van der Waals surface area contributed by atoms with Crippen LogP contribution in [-0.2, 0) is 21.0 Å². The van der Waals surface area contributed by atoms with Gasteiger partial charge in [-0.05, 0) is 52.1 Å². The average molecular weight is 414 g/mol. The first kappa shape index (κ1) is 22.8. The first-order valence-electron chi connectivity index (χ1n) is 11.0. The highest BCUT2D eigenvalue weighted by molar-refractivity contribution is 6.01. The van der Waals surface area contributed by atoms with Crippen LogP contribution in [0.15, 0.2) is 78.9 Å². The molecule has 1 N–H and O–H groups in total. The monoisotopic (exact) mass is 413 g/mol. The lowest BCUT2D eigenvalue weighted by atomic mass is 9.74. The Morgan fingerprint density at radius 3 is 1.39 bits per heavy atom. The zero-order valence-electron chi connectivity index (χ0n) is 19.9. The Hall–Kier alpha value is -2.87. The quantitative estimate of drug-likeness (QED) is 0.480. The second kappa shape index (κ2) is 8.34. The summed E-state index contributed by atoms with van der Waals surface area (Å²) >= 11 is 0. The Bertz CT molecular complexity index is 1020. The van der Waals surface area contributed by atoms with Gasteiger partial charge < -0.3 is 5.32 Å². The summed E-state index contributed by atoms with van der Waals surface area (Å²) in [4.78, 5) is 13.7. The molecule has 0 spiro atoms. The van der Waals surface area contributed by atoms with Crippen LogP contribution in [0, 0.1) is 0 Å². The topological polar surface area (TPSA) is 29.1 Å². The molecule has 0 saturated heterocycles. The molecule has 162 valence electrons. The number of nitrogens with one attached hydrogen (secondary N) is 1. The van der Waals surface area contributed by atoms with Gasteiger partial charge in [-0.15, -0.1) is 0 Å². The lowest BCUT2D eigenvalue weighted by molar-refractivity contribution is -0.119. The van der Waals surface area contributed by atoms with Crippen LogP contribution in [0.4, 0.5) is 5.69 Å². The smallest absolute Gasteiger partial charge is 0.239 e. The van der Waals surface area contributed by atoms with Crippen LogP contribution in [0.3, 0.4) is 0 Å². The number of amides is 1. The molecule has 0 bridgehead atoms. The van der Waals surface area contributed by atoms with Crippen LogP contribution in [0.1, 0.15) is 70.7 Å². The first-order chi connectivity index (χ1) is 14.4. The Kier molecular flexibility index (Phi) is 6.14. The van der Waals surface area contributed by atoms with Crippen molar-refractivity contribution in [2.45, 2.75) is 64.7 Å². The first-order valence-corrected chi connectivity index (χ1v) is 11.0. The SMILES string of the molecule is CC(C)(C)c1ccc(NC(=O)C(C)(c2ccccc2)c2ccc(C(C)(C)C)cc2)cc1. The minimum atomic E-state index is -0.805. The van der Waals surface area contributed by atoms with Crippen LogP contribution >= 0.6 is 0 Å². The number of anilines is 1. The summed E-state index contributed by atoms with van der Waals surface area (Å²) in [6.45, 7) is 15.2. The average Bonchev–Trinajstić information content (AvgIpc) is 2.73. The zero-order chi connectivity index (χ0) is 22.9. The summed E-state index contributed by atoms with van der Waals surface area (Å²) < 4.78 is 0. The summed E-state index contributed by atoms with van der Waals surface area (Å²) in [5.41, 5.74) is 4.61. The summed E-state index contributed by atoms with van der Waals surface area (Å²) in [6.07, 6.45) is 0. The maximum Gasteiger partial charge on any atom is 0.239 e. The molecular weight excluding hydrogens is 378 g/mol. The summed E-state index contributed by atoms with van der Waals surface area (Å²) in [7, 11) is 0. The van der Waals surface area contributed by atoms with Crippen molar-refractivity contribution in [3.8, 4) is 0 Å². The Labute approximate surface area is 187 Å². The van der Waals surface area contributed by atoms with Crippen LogP contribution in [-0.4, -0.2) is 5.91 Å². The van der Waals surface area contributed by atoms with Gasteiger partial charge in [0.25, 0.3) is 0 Å². The molecule has 3 aromatic carbocycles. The number of hydrogen-bond acceptors (Lipinski definition) is 1. The molecule has 0 aromatic heterocycles. The molecule has 0 aliphatic heterocycles. The van der Waals surface area contributed by atoms with E-state index in [-0.39, 0.29) is 16.7 Å². The van der Waals surface area contributed by atoms with Gasteiger partial charge in [0.1, 0.15) is 0 Å². The van der Waals surface area contributed by atoms with Crippen LogP contribution < -0.4 is 5.32 Å². The Morgan fingerprint density at radius 2 is 0.935 bits per heavy atom. The van der Waals surface area contributed by atoms with E-state index in [1.54, 1.807) is 0 Å². The minimum Gasteiger partial charge on any atom is -0.325 e. The van der Waals surface area contributed by atoms with Crippen molar-refractivity contribution in [3.63, 3.8) is 0 Å². The Morgan fingerprint density at radius 1 is 0.548 bits per heavy atom. The largest absolute Gasteiger partial charge is 0.325 e. The normalized spacial score (nSPS) is 14.0. The van der Waals surface area contributed by atoms with E-state index in [0.29, 0.717) is 0 Å². The van der Waals surface area contributed by atoms with E-state index >= 15 is 0 Å². The molecule has 0 saturated carbocycles. The third kappa shape index (κ3) is 4.90. The van der Waals surface area contributed by atoms with Crippen molar-refractivity contribution in [1.82, 2.24) is 0 Å². The van der Waals surface area contributed by atoms with Crippen LogP contribution in [0.2, 0.25) is 0 Å². The fourth-order valence-electron chi connectivity index (χ4n) is 3.81. The van der Waals surface area contributed by atoms with Gasteiger partial charge in [-0.3, -0.25) is 4.79 Å². The number of hydrogen-bond donors (Lipinski definition) is 1. The van der Waals surface area contributed by atoms with Crippen molar-refractivity contribution in [3.05, 3.63) is 101 Å². The molecule has 3 rings (SSSR count). The molecule has 1 atom stereocenters. The third-order valence-electron chi connectivity index (χ3n) is 6.14. The highest BCUT2D eigenvalue weighted by atomic mass is 16.2. The molecule has 1 unspecified atom stereocenters. The number of rotatable bonds is 4. The molecule has 1 amide bonds. The fourth-order valence-corrected chi connectivity index (χ4v) is 3.81. The summed E-state index contributed by atoms with van der Waals surface area (Å²) in [5.74, 6) is -0.0364. The van der Waals surface area contributed by atoms with E-state index in [2.05, 4.69) is 83.3 Å². The second-order valence-electron chi connectivity index (χ2n) is 10.6. The van der Waals surface area contributed by atoms with Crippen molar-refractivity contribution in [2.75, 3.05) is 5.32 Å². The molecule has 31 heavy (non-hydrogen) atoms. The molecule has 0 radical (unpaired) electrons. The Balaban J connectivity index is 1.98. The maximum atomic E-state index is 13.7. The second-order valence-corrected chi connectivity index (χ2v) is 10.6. The highest BCUT2D eigenvalue weighted by Crippen LogP contribution is 2.35. The van der Waals surface area contributed by atoms with E-state index in [0.717, 1.165) is 16.8 Å². The van der Waals surface area contributed by atoms with Gasteiger partial charge in [0.05, 0.1) is 5.41 Å². The summed E-state index contributed by atoms with van der Waals surface area (Å²) in [5, 5.41) is 3.16. The molecular formula is C29H35NO. The van der Waals surface area contributed by atoms with E-state index in [9.17, 15) is 4.79 Å². The number of carbonyl (C=O) groups excluding carboxylic acids is 1. The third-order valence-corrected chi connectivity index (χ3v) is 6.14. The molecule has 0 heterocycles. The standard InChI is InChI=1S/C29H35NO/c1-27(2,3)21-13-15-24(16-14-21)29(7,23-11-9-8-10-12-23)26(31)30-25-19-17-22(18-20-25)28(4,5)6/h8-20H,1-7H3,(H,30,31). The lowest BCUT2D eigenvalue weighted by Gasteiger charge is -2.31. The van der Waals surface area contributed by atoms with Gasteiger partial charge in [-0.2, -0.15) is 0 Å². The lowest BCUT2D eigenvalue weighted by Crippen LogP contribution is -2.38. The van der Waals surface area contributed by atoms with Gasteiger partial charge in [-0.25, -0.2) is 0 Å². The van der Waals surface area contributed by atoms with Gasteiger partial charge >= 0.3 is 0 Å². The predicted molar refractivity (Wildman–Crippen MR) is 132 cm³/mol. The van der Waals surface area contributed by atoms with Gasteiger partial charge in [0.2, 0.25) is 5.91 Å². The van der Waals surface area contributed by atoms with Crippen LogP contribution in [0.5, 0.6) is 0 Å². The van der Waals surface area contributed by atoms with Crippen molar-refractivity contribution >= 4 is 11.6 Å². The fraction of sp³-hybridized carbons (Fsp3) is 0.345. The molecule has 0 aliphatic carbocycles. The molecule has 0 fully saturated rings. The summed E-state index contributed by atoms with van der Waals surface area (Å²) in [6, 6.07) is 26.6. The van der Waals surface area contributed by atoms with E-state index in [4.69, 9.17) is 0 Å². The van der Waals surface area contributed by atoms with Crippen molar-refractivity contribution in [1.29, 1.82) is 0 Å². The van der Waals surface area contributed by atoms with Crippen LogP contribution in [0.25, 0.3) is 0 Å². The van der Waals surface area contributed by atoms with Crippen molar-refractivity contribution in [2.24, 2.45) is 0 Å². The number of benzene rings is 3. The van der Waals surface area contributed by atoms with Crippen molar-refractivity contribution < 1.29 is 4.79 Å². The maximum absolute atomic E-state index is 13.7. The van der Waals surface area contributed by atoms with E-state index in [1.807, 2.05) is 49.4 Å². The van der Waals surface area contributed by atoms with Gasteiger partial charge in [0, 0.05) is 5.69 Å².